The average molecular weight is 447 g/mol. The van der Waals surface area contributed by atoms with Gasteiger partial charge in [0.2, 0.25) is 10.9 Å². The van der Waals surface area contributed by atoms with Gasteiger partial charge in [-0.05, 0) is 41.0 Å². The van der Waals surface area contributed by atoms with Gasteiger partial charge >= 0.3 is 10.1 Å². The van der Waals surface area contributed by atoms with Crippen molar-refractivity contribution >= 4 is 33.3 Å². The van der Waals surface area contributed by atoms with Gasteiger partial charge in [-0.1, -0.05) is 29.8 Å². The van der Waals surface area contributed by atoms with Gasteiger partial charge in [0, 0.05) is 42.5 Å². The lowest BCUT2D eigenvalue weighted by Gasteiger charge is -2.12. The number of amides is 1. The number of hydrogen-bond acceptors (Lipinski definition) is 5. The molecule has 0 bridgehead atoms. The maximum atomic E-state index is 12.6. The molecule has 0 radical (unpaired) electrons. The van der Waals surface area contributed by atoms with E-state index in [0.29, 0.717) is 29.1 Å². The number of aromatic nitrogens is 2. The summed E-state index contributed by atoms with van der Waals surface area (Å²) in [4.78, 5) is 12.6. The molecule has 4 rings (SSSR count). The fourth-order valence-corrected chi connectivity index (χ4v) is 4.27. The van der Waals surface area contributed by atoms with E-state index < -0.39 is 21.2 Å². The highest BCUT2D eigenvalue weighted by atomic mass is 35.5. The topological polar surface area (TPSA) is 113 Å². The van der Waals surface area contributed by atoms with Gasteiger partial charge in [0.05, 0.1) is 0 Å². The van der Waals surface area contributed by atoms with Crippen molar-refractivity contribution in [1.29, 1.82) is 0 Å². The Morgan fingerprint density at radius 3 is 2.73 bits per heavy atom. The summed E-state index contributed by atoms with van der Waals surface area (Å²) in [6.07, 6.45) is 1.99. The van der Waals surface area contributed by atoms with Crippen molar-refractivity contribution in [1.82, 2.24) is 15.1 Å². The summed E-state index contributed by atoms with van der Waals surface area (Å²) in [5.74, 6) is -0.136. The van der Waals surface area contributed by atoms with Crippen LogP contribution in [0.15, 0.2) is 53.7 Å². The normalized spacial score (nSPS) is 15.5. The molecule has 0 saturated heterocycles. The van der Waals surface area contributed by atoms with Gasteiger partial charge < -0.3 is 10.6 Å². The van der Waals surface area contributed by atoms with Crippen molar-refractivity contribution in [3.05, 3.63) is 64.8 Å². The maximum Gasteiger partial charge on any atom is 0.314 e. The summed E-state index contributed by atoms with van der Waals surface area (Å²) in [5, 5.41) is 10.2. The smallest absolute Gasteiger partial charge is 0.314 e. The molecule has 0 saturated carbocycles. The zero-order chi connectivity index (χ0) is 21.5. The number of halogens is 1. The molecule has 1 aliphatic heterocycles. The van der Waals surface area contributed by atoms with Crippen LogP contribution in [0.2, 0.25) is 5.02 Å². The van der Waals surface area contributed by atoms with Gasteiger partial charge in [-0.15, -0.1) is 0 Å². The zero-order valence-electron chi connectivity index (χ0n) is 16.0. The summed E-state index contributed by atoms with van der Waals surface area (Å²) in [5.41, 5.74) is 3.53. The number of nitrogens with one attached hydrogen (secondary N) is 2. The first kappa shape index (κ1) is 20.4. The Kier molecular flexibility index (Phi) is 5.27. The van der Waals surface area contributed by atoms with Crippen molar-refractivity contribution in [2.75, 3.05) is 5.32 Å². The summed E-state index contributed by atoms with van der Waals surface area (Å²) in [6.45, 7) is 0.392. The molecule has 1 amide bonds. The van der Waals surface area contributed by atoms with E-state index in [-0.39, 0.29) is 5.91 Å². The second-order valence-electron chi connectivity index (χ2n) is 7.11. The molecule has 3 aromatic rings. The molecule has 0 spiro atoms. The Morgan fingerprint density at radius 1 is 1.30 bits per heavy atom. The second-order valence-corrected chi connectivity index (χ2v) is 8.89. The molecule has 10 heteroatoms. The Morgan fingerprint density at radius 2 is 2.03 bits per heavy atom. The monoisotopic (exact) mass is 446 g/mol. The highest BCUT2D eigenvalue weighted by Crippen LogP contribution is 2.33. The van der Waals surface area contributed by atoms with E-state index in [2.05, 4.69) is 15.7 Å². The molecule has 0 aliphatic carbocycles. The molecule has 0 fully saturated rings. The molecule has 3 N–H and O–H groups in total. The Bertz CT molecular complexity index is 1220. The molecular weight excluding hydrogens is 428 g/mol. The minimum absolute atomic E-state index is 0.136. The van der Waals surface area contributed by atoms with Gasteiger partial charge in [0.15, 0.2) is 0 Å². The van der Waals surface area contributed by atoms with Crippen LogP contribution in [-0.2, 0) is 34.9 Å². The molecular formula is C20H19ClN4O4S. The number of rotatable bonds is 5. The molecule has 1 atom stereocenters. The first-order valence-electron chi connectivity index (χ1n) is 9.14. The lowest BCUT2D eigenvalue weighted by molar-refractivity contribution is -0.121. The fraction of sp³-hybridized carbons (Fsp3) is 0.200. The van der Waals surface area contributed by atoms with E-state index >= 15 is 0 Å². The minimum Gasteiger partial charge on any atom is -0.373 e. The van der Waals surface area contributed by atoms with Crippen LogP contribution in [0.4, 0.5) is 5.69 Å². The van der Waals surface area contributed by atoms with Crippen molar-refractivity contribution in [3.63, 3.8) is 0 Å². The average Bonchev–Trinajstić information content (AvgIpc) is 3.30. The van der Waals surface area contributed by atoms with Crippen LogP contribution in [0.1, 0.15) is 11.1 Å². The number of fused-ring (bicyclic) bond motifs is 1. The summed E-state index contributed by atoms with van der Waals surface area (Å²) >= 11 is 5.87. The molecule has 1 aromatic heterocycles. The highest BCUT2D eigenvalue weighted by Gasteiger charge is 2.28. The molecule has 156 valence electrons. The molecule has 30 heavy (non-hydrogen) atoms. The fourth-order valence-electron chi connectivity index (χ4n) is 3.46. The van der Waals surface area contributed by atoms with E-state index in [1.807, 2.05) is 12.1 Å². The zero-order valence-corrected chi connectivity index (χ0v) is 17.5. The minimum atomic E-state index is -4.46. The van der Waals surface area contributed by atoms with Crippen molar-refractivity contribution in [2.45, 2.75) is 24.0 Å². The Hall–Kier alpha value is -2.88. The van der Waals surface area contributed by atoms with E-state index in [4.69, 9.17) is 11.6 Å². The lowest BCUT2D eigenvalue weighted by Crippen LogP contribution is -2.38. The molecule has 1 unspecified atom stereocenters. The third kappa shape index (κ3) is 4.18. The number of aryl methyl sites for hydroxylation is 1. The summed E-state index contributed by atoms with van der Waals surface area (Å²) in [7, 11) is -2.88. The van der Waals surface area contributed by atoms with E-state index in [1.54, 1.807) is 37.4 Å². The highest BCUT2D eigenvalue weighted by molar-refractivity contribution is 7.85. The summed E-state index contributed by atoms with van der Waals surface area (Å²) < 4.78 is 34.0. The first-order valence-corrected chi connectivity index (χ1v) is 11.0. The van der Waals surface area contributed by atoms with Gasteiger partial charge in [-0.3, -0.25) is 14.0 Å². The number of benzene rings is 2. The molecule has 2 aromatic carbocycles. The van der Waals surface area contributed by atoms with Crippen LogP contribution >= 0.6 is 11.6 Å². The van der Waals surface area contributed by atoms with Gasteiger partial charge in [-0.25, -0.2) is 0 Å². The lowest BCUT2D eigenvalue weighted by atomic mass is 10.0. The SMILES string of the molecule is Cn1cc(-c2ccc3c(c2)CC(C(=O)NCc2ccc(Cl)cc2)N3)c(S(=O)(=O)O)n1. The van der Waals surface area contributed by atoms with Crippen molar-refractivity contribution in [3.8, 4) is 11.1 Å². The van der Waals surface area contributed by atoms with E-state index in [9.17, 15) is 17.8 Å². The largest absolute Gasteiger partial charge is 0.373 e. The van der Waals surface area contributed by atoms with E-state index in [1.165, 1.54) is 10.9 Å². The molecule has 2 heterocycles. The second kappa shape index (κ2) is 7.75. The van der Waals surface area contributed by atoms with Crippen LogP contribution < -0.4 is 10.6 Å². The Balaban J connectivity index is 1.49. The number of hydrogen-bond donors (Lipinski definition) is 3. The van der Waals surface area contributed by atoms with Gasteiger partial charge in [0.25, 0.3) is 0 Å². The van der Waals surface area contributed by atoms with Crippen molar-refractivity contribution in [2.24, 2.45) is 7.05 Å². The van der Waals surface area contributed by atoms with Crippen LogP contribution in [0.25, 0.3) is 11.1 Å². The third-order valence-electron chi connectivity index (χ3n) is 4.91. The number of anilines is 1. The third-order valence-corrected chi connectivity index (χ3v) is 5.95. The quantitative estimate of drug-likeness (QED) is 0.519. The first-order chi connectivity index (χ1) is 14.2. The number of carbonyl (C=O) groups excluding carboxylic acids is 1. The standard InChI is InChI=1S/C20H19ClN4O4S/c1-25-11-16(20(24-25)30(27,28)29)13-4-7-17-14(8-13)9-18(23-17)19(26)22-10-12-2-5-15(21)6-3-12/h2-8,11,18,23H,9-10H2,1H3,(H,22,26)(H,27,28,29). The number of carbonyl (C=O) groups is 1. The Labute approximate surface area is 178 Å². The molecule has 8 nitrogen and oxygen atoms in total. The summed E-state index contributed by atoms with van der Waals surface area (Å²) in [6, 6.07) is 12.1. The van der Waals surface area contributed by atoms with Crippen LogP contribution in [0.3, 0.4) is 0 Å². The van der Waals surface area contributed by atoms with Crippen LogP contribution in [0.5, 0.6) is 0 Å². The number of nitrogens with zero attached hydrogens (tertiary/aromatic N) is 2. The maximum absolute atomic E-state index is 12.6. The van der Waals surface area contributed by atoms with Gasteiger partial charge in [-0.2, -0.15) is 13.5 Å². The molecule has 1 aliphatic rings. The van der Waals surface area contributed by atoms with Crippen LogP contribution in [0, 0.1) is 0 Å². The van der Waals surface area contributed by atoms with Crippen molar-refractivity contribution < 1.29 is 17.8 Å². The predicted octanol–water partition coefficient (Wildman–Crippen LogP) is 2.64. The predicted molar refractivity (Wildman–Crippen MR) is 113 cm³/mol. The van der Waals surface area contributed by atoms with Crippen LogP contribution in [-0.4, -0.2) is 34.7 Å². The van der Waals surface area contributed by atoms with E-state index in [0.717, 1.165) is 16.8 Å². The van der Waals surface area contributed by atoms with Gasteiger partial charge in [0.1, 0.15) is 6.04 Å².